The highest BCUT2D eigenvalue weighted by atomic mass is 31.2. The monoisotopic (exact) mass is 489 g/mol. The third kappa shape index (κ3) is 6.10. The van der Waals surface area contributed by atoms with Crippen molar-refractivity contribution in [2.45, 2.75) is 78.9 Å². The van der Waals surface area contributed by atoms with Crippen molar-refractivity contribution in [3.8, 4) is 5.75 Å². The van der Waals surface area contributed by atoms with Crippen molar-refractivity contribution in [1.82, 2.24) is 0 Å². The number of hydrogen-bond acceptors (Lipinski definition) is 5. The Balaban J connectivity index is 3.00. The van der Waals surface area contributed by atoms with Crippen molar-refractivity contribution in [3.63, 3.8) is 0 Å². The minimum Gasteiger partial charge on any atom is -0.507 e. The molecule has 1 unspecified atom stereocenters. The van der Waals surface area contributed by atoms with Gasteiger partial charge in [-0.25, -0.2) is 0 Å². The number of rotatable bonds is 8. The van der Waals surface area contributed by atoms with Gasteiger partial charge < -0.3 is 14.2 Å². The molecule has 0 radical (unpaired) electrons. The average Bonchev–Trinajstić information content (AvgIpc) is 2.71. The molecule has 0 heterocycles. The van der Waals surface area contributed by atoms with Gasteiger partial charge in [0.2, 0.25) is 5.91 Å². The van der Waals surface area contributed by atoms with Crippen LogP contribution >= 0.6 is 7.60 Å². The van der Waals surface area contributed by atoms with Gasteiger partial charge in [0.1, 0.15) is 5.75 Å². The number of nitrogens with zero attached hydrogens (tertiary/aromatic N) is 1. The number of hydrogen-bond donors (Lipinski definition) is 1. The zero-order valence-corrected chi connectivity index (χ0v) is 22.9. The summed E-state index contributed by atoms with van der Waals surface area (Å²) in [7, 11) is -3.86. The summed E-state index contributed by atoms with van der Waals surface area (Å²) >= 11 is 0. The van der Waals surface area contributed by atoms with E-state index in [2.05, 4.69) is 0 Å². The number of aromatic hydroxyl groups is 1. The number of anilines is 1. The molecule has 0 saturated heterocycles. The van der Waals surface area contributed by atoms with Crippen LogP contribution in [0.2, 0.25) is 0 Å². The molecule has 1 amide bonds. The fraction of sp³-hybridized carbons (Fsp3) is 0.519. The first kappa shape index (κ1) is 28.1. The maximum atomic E-state index is 14.3. The van der Waals surface area contributed by atoms with Crippen molar-refractivity contribution < 1.29 is 23.5 Å². The fourth-order valence-electron chi connectivity index (χ4n) is 4.04. The largest absolute Gasteiger partial charge is 0.507 e. The molecule has 7 heteroatoms. The quantitative estimate of drug-likeness (QED) is 0.394. The summed E-state index contributed by atoms with van der Waals surface area (Å²) in [5.74, 6) is -1.12. The fourth-order valence-corrected chi connectivity index (χ4v) is 6.21. The van der Waals surface area contributed by atoms with Gasteiger partial charge in [-0.05, 0) is 65.6 Å². The van der Waals surface area contributed by atoms with Gasteiger partial charge in [-0.15, -0.1) is 0 Å². The minimum atomic E-state index is -3.86. The lowest BCUT2D eigenvalue weighted by atomic mass is 9.78. The molecule has 2 rings (SSSR count). The van der Waals surface area contributed by atoms with E-state index in [1.807, 2.05) is 71.9 Å². The smallest absolute Gasteiger partial charge is 0.357 e. The molecule has 0 aliphatic rings. The Labute approximate surface area is 204 Å². The molecule has 0 fully saturated rings. The normalized spacial score (nSPS) is 13.6. The van der Waals surface area contributed by atoms with Crippen molar-refractivity contribution in [3.05, 3.63) is 59.2 Å². The van der Waals surface area contributed by atoms with Crippen molar-refractivity contribution in [1.29, 1.82) is 0 Å². The lowest BCUT2D eigenvalue weighted by molar-refractivity contribution is -0.116. The van der Waals surface area contributed by atoms with Crippen molar-refractivity contribution in [2.24, 2.45) is 0 Å². The van der Waals surface area contributed by atoms with Crippen molar-refractivity contribution in [2.75, 3.05) is 18.1 Å². The Kier molecular flexibility index (Phi) is 8.79. The maximum absolute atomic E-state index is 14.3. The minimum absolute atomic E-state index is 0.157. The van der Waals surface area contributed by atoms with E-state index < -0.39 is 24.2 Å². The van der Waals surface area contributed by atoms with E-state index in [-0.39, 0.29) is 24.9 Å². The van der Waals surface area contributed by atoms with Crippen LogP contribution in [0.1, 0.15) is 84.8 Å². The Morgan fingerprint density at radius 2 is 1.38 bits per heavy atom. The number of amides is 1. The molecular weight excluding hydrogens is 449 g/mol. The summed E-state index contributed by atoms with van der Waals surface area (Å²) in [6.07, 6.45) is 0. The van der Waals surface area contributed by atoms with E-state index >= 15 is 0 Å². The molecule has 2 aromatic rings. The molecule has 0 aliphatic carbocycles. The molecule has 0 bridgehead atoms. The summed E-state index contributed by atoms with van der Waals surface area (Å²) in [6, 6.07) is 12.8. The molecule has 0 aromatic heterocycles. The van der Waals surface area contributed by atoms with Crippen LogP contribution in [0.5, 0.6) is 5.75 Å². The lowest BCUT2D eigenvalue weighted by Crippen LogP contribution is -2.34. The number of benzene rings is 2. The van der Waals surface area contributed by atoms with Gasteiger partial charge in [-0.1, -0.05) is 59.7 Å². The molecule has 0 aliphatic heterocycles. The van der Waals surface area contributed by atoms with Gasteiger partial charge in [0.05, 0.1) is 13.2 Å². The zero-order chi connectivity index (χ0) is 25.9. The van der Waals surface area contributed by atoms with E-state index in [9.17, 15) is 14.5 Å². The van der Waals surface area contributed by atoms with E-state index in [0.717, 1.165) is 0 Å². The Morgan fingerprint density at radius 1 is 0.941 bits per heavy atom. The summed E-state index contributed by atoms with van der Waals surface area (Å²) in [6.45, 7) is 17.3. The van der Waals surface area contributed by atoms with Crippen LogP contribution in [0.4, 0.5) is 5.69 Å². The summed E-state index contributed by atoms with van der Waals surface area (Å²) < 4.78 is 25.9. The van der Waals surface area contributed by atoms with Gasteiger partial charge in [-0.2, -0.15) is 0 Å². The molecule has 1 N–H and O–H groups in total. The Bertz CT molecular complexity index is 992. The highest BCUT2D eigenvalue weighted by molar-refractivity contribution is 7.54. The van der Waals surface area contributed by atoms with Crippen LogP contribution < -0.4 is 4.90 Å². The highest BCUT2D eigenvalue weighted by Gasteiger charge is 2.44. The zero-order valence-electron chi connectivity index (χ0n) is 22.0. The van der Waals surface area contributed by atoms with Gasteiger partial charge in [-0.3, -0.25) is 14.3 Å². The number of carbonyl (C=O) groups excluding carboxylic acids is 1. The summed E-state index contributed by atoms with van der Waals surface area (Å²) in [5.41, 5.74) is 1.78. The first-order chi connectivity index (χ1) is 15.7. The molecule has 2 aromatic carbocycles. The molecule has 1 atom stereocenters. The molecule has 6 nitrogen and oxygen atoms in total. The second-order valence-electron chi connectivity index (χ2n) is 10.4. The van der Waals surface area contributed by atoms with Gasteiger partial charge in [0, 0.05) is 12.6 Å². The van der Waals surface area contributed by atoms with Crippen LogP contribution in [0.25, 0.3) is 0 Å². The SMILES string of the molecule is CCOP(=O)(OCC)C(c1cc(C(C)(C)C)c(O)c(C(C)(C)C)c1)N(C(C)=O)c1ccccc1. The van der Waals surface area contributed by atoms with Crippen LogP contribution in [-0.4, -0.2) is 24.2 Å². The topological polar surface area (TPSA) is 76.1 Å². The van der Waals surface area contributed by atoms with Crippen LogP contribution in [0.15, 0.2) is 42.5 Å². The number of phenols is 1. The molecule has 0 saturated carbocycles. The van der Waals surface area contributed by atoms with E-state index in [0.29, 0.717) is 22.4 Å². The van der Waals surface area contributed by atoms with Gasteiger partial charge in [0.15, 0.2) is 5.78 Å². The van der Waals surface area contributed by atoms with E-state index in [4.69, 9.17) is 9.05 Å². The van der Waals surface area contributed by atoms with Gasteiger partial charge in [0.25, 0.3) is 0 Å². The van der Waals surface area contributed by atoms with Crippen LogP contribution in [0.3, 0.4) is 0 Å². The highest BCUT2D eigenvalue weighted by Crippen LogP contribution is 2.63. The second kappa shape index (κ2) is 10.6. The predicted octanol–water partition coefficient (Wildman–Crippen LogP) is 7.31. The second-order valence-corrected chi connectivity index (χ2v) is 12.5. The molecule has 34 heavy (non-hydrogen) atoms. The predicted molar refractivity (Wildman–Crippen MR) is 139 cm³/mol. The third-order valence-corrected chi connectivity index (χ3v) is 7.95. The maximum Gasteiger partial charge on any atom is 0.357 e. The Hall–Kier alpha value is -2.14. The molecular formula is C27H40NO5P. The first-order valence-corrected chi connectivity index (χ1v) is 13.4. The van der Waals surface area contributed by atoms with E-state index in [1.54, 1.807) is 26.0 Å². The summed E-state index contributed by atoms with van der Waals surface area (Å²) in [5, 5.41) is 11.2. The first-order valence-electron chi connectivity index (χ1n) is 11.8. The van der Waals surface area contributed by atoms with Crippen LogP contribution in [-0.2, 0) is 29.2 Å². The van der Waals surface area contributed by atoms with E-state index in [1.165, 1.54) is 11.8 Å². The van der Waals surface area contributed by atoms with Crippen LogP contribution in [0, 0.1) is 0 Å². The van der Waals surface area contributed by atoms with Crippen molar-refractivity contribution >= 4 is 19.2 Å². The third-order valence-electron chi connectivity index (χ3n) is 5.58. The number of carbonyl (C=O) groups is 1. The number of phenolic OH excluding ortho intramolecular Hbond substituents is 1. The molecule has 0 spiro atoms. The molecule has 188 valence electrons. The van der Waals surface area contributed by atoms with Gasteiger partial charge >= 0.3 is 7.60 Å². The Morgan fingerprint density at radius 3 is 1.74 bits per heavy atom. The summed E-state index contributed by atoms with van der Waals surface area (Å²) in [4.78, 5) is 14.6. The standard InChI is InChI=1S/C27H40NO5P/c1-10-32-34(31,33-11-2)25(28(19(3)29)21-15-13-12-14-16-21)20-17-22(26(4,5)6)24(30)23(18-20)27(7,8)9/h12-18,25,30H,10-11H2,1-9H3. The average molecular weight is 490 g/mol. The number of para-hydroxylation sites is 1. The lowest BCUT2D eigenvalue weighted by Gasteiger charge is -2.37.